The lowest BCUT2D eigenvalue weighted by Gasteiger charge is -2.15. The molecule has 126 valence electrons. The van der Waals surface area contributed by atoms with E-state index in [1.807, 2.05) is 44.2 Å². The molecular formula is C19H23N3O2. The van der Waals surface area contributed by atoms with E-state index in [-0.39, 0.29) is 30.3 Å². The average Bonchev–Trinajstić information content (AvgIpc) is 2.55. The Kier molecular flexibility index (Phi) is 6.09. The number of nitrogens with one attached hydrogen (secondary N) is 2. The number of para-hydroxylation sites is 1. The van der Waals surface area contributed by atoms with E-state index in [0.29, 0.717) is 11.3 Å². The normalized spacial score (nSPS) is 11.8. The predicted octanol–water partition coefficient (Wildman–Crippen LogP) is 2.85. The number of carbonyl (C=O) groups is 2. The molecule has 24 heavy (non-hydrogen) atoms. The van der Waals surface area contributed by atoms with Gasteiger partial charge in [-0.25, -0.2) is 0 Å². The second-order valence-electron chi connectivity index (χ2n) is 5.94. The molecule has 0 bridgehead atoms. The van der Waals surface area contributed by atoms with Crippen molar-refractivity contribution in [3.8, 4) is 0 Å². The molecule has 5 nitrogen and oxygen atoms in total. The lowest BCUT2D eigenvalue weighted by molar-refractivity contribution is -0.116. The van der Waals surface area contributed by atoms with Gasteiger partial charge < -0.3 is 16.4 Å². The van der Waals surface area contributed by atoms with Crippen LogP contribution < -0.4 is 16.4 Å². The molecule has 0 radical (unpaired) electrons. The Balaban J connectivity index is 2.05. The van der Waals surface area contributed by atoms with Crippen molar-refractivity contribution in [2.24, 2.45) is 5.73 Å². The molecule has 0 fully saturated rings. The summed E-state index contributed by atoms with van der Waals surface area (Å²) in [5.41, 5.74) is 7.90. The maximum Gasteiger partial charge on any atom is 0.253 e. The fraction of sp³-hybridized carbons (Fsp3) is 0.263. The molecule has 0 saturated heterocycles. The van der Waals surface area contributed by atoms with Crippen LogP contribution >= 0.6 is 0 Å². The fourth-order valence-corrected chi connectivity index (χ4v) is 2.35. The second kappa shape index (κ2) is 8.26. The van der Waals surface area contributed by atoms with Crippen molar-refractivity contribution < 1.29 is 9.59 Å². The first-order chi connectivity index (χ1) is 11.5. The molecule has 0 aliphatic rings. The first-order valence-corrected chi connectivity index (χ1v) is 7.97. The molecule has 2 aromatic rings. The Morgan fingerprint density at radius 2 is 1.62 bits per heavy atom. The predicted molar refractivity (Wildman–Crippen MR) is 95.7 cm³/mol. The summed E-state index contributed by atoms with van der Waals surface area (Å²) in [5.74, 6) is -0.440. The van der Waals surface area contributed by atoms with Gasteiger partial charge in [-0.05, 0) is 31.5 Å². The van der Waals surface area contributed by atoms with Crippen molar-refractivity contribution in [1.82, 2.24) is 5.32 Å². The van der Waals surface area contributed by atoms with Gasteiger partial charge in [0.1, 0.15) is 0 Å². The summed E-state index contributed by atoms with van der Waals surface area (Å²) in [7, 11) is 0. The third kappa shape index (κ3) is 4.93. The third-order valence-corrected chi connectivity index (χ3v) is 3.50. The maximum absolute atomic E-state index is 12.3. The summed E-state index contributed by atoms with van der Waals surface area (Å²) < 4.78 is 0. The maximum atomic E-state index is 12.3. The molecule has 0 spiro atoms. The first kappa shape index (κ1) is 17.7. The molecule has 2 rings (SSSR count). The van der Waals surface area contributed by atoms with Crippen molar-refractivity contribution in [3.05, 3.63) is 65.7 Å². The third-order valence-electron chi connectivity index (χ3n) is 3.50. The molecule has 1 unspecified atom stereocenters. The molecule has 5 heteroatoms. The van der Waals surface area contributed by atoms with Crippen molar-refractivity contribution in [1.29, 1.82) is 0 Å². The van der Waals surface area contributed by atoms with E-state index < -0.39 is 0 Å². The van der Waals surface area contributed by atoms with E-state index in [0.717, 1.165) is 5.56 Å². The van der Waals surface area contributed by atoms with Crippen molar-refractivity contribution in [2.45, 2.75) is 32.4 Å². The van der Waals surface area contributed by atoms with Crippen LogP contribution in [0, 0.1) is 0 Å². The lowest BCUT2D eigenvalue weighted by Crippen LogP contribution is -2.31. The van der Waals surface area contributed by atoms with Crippen LogP contribution in [0.25, 0.3) is 0 Å². The summed E-state index contributed by atoms with van der Waals surface area (Å²) in [6.45, 7) is 3.77. The summed E-state index contributed by atoms with van der Waals surface area (Å²) in [4.78, 5) is 24.5. The molecule has 0 saturated carbocycles. The van der Waals surface area contributed by atoms with E-state index in [9.17, 15) is 9.59 Å². The van der Waals surface area contributed by atoms with Gasteiger partial charge in [-0.15, -0.1) is 0 Å². The Morgan fingerprint density at radius 3 is 2.29 bits per heavy atom. The first-order valence-electron chi connectivity index (χ1n) is 7.97. The van der Waals surface area contributed by atoms with Gasteiger partial charge in [-0.3, -0.25) is 9.59 Å². The van der Waals surface area contributed by atoms with E-state index in [2.05, 4.69) is 10.6 Å². The monoisotopic (exact) mass is 325 g/mol. The molecule has 0 heterocycles. The molecule has 1 atom stereocenters. The molecule has 4 N–H and O–H groups in total. The van der Waals surface area contributed by atoms with Crippen LogP contribution in [0.1, 0.15) is 42.2 Å². The highest BCUT2D eigenvalue weighted by Gasteiger charge is 2.16. The van der Waals surface area contributed by atoms with Crippen molar-refractivity contribution >= 4 is 17.5 Å². The second-order valence-corrected chi connectivity index (χ2v) is 5.94. The highest BCUT2D eigenvalue weighted by atomic mass is 16.2. The Morgan fingerprint density at radius 1 is 1.00 bits per heavy atom. The molecule has 0 aromatic heterocycles. The van der Waals surface area contributed by atoms with Gasteiger partial charge in [0, 0.05) is 18.5 Å². The van der Waals surface area contributed by atoms with Gasteiger partial charge >= 0.3 is 0 Å². The van der Waals surface area contributed by atoms with Crippen LogP contribution in [0.3, 0.4) is 0 Å². The van der Waals surface area contributed by atoms with Gasteiger partial charge in [0.15, 0.2) is 0 Å². The van der Waals surface area contributed by atoms with Crippen molar-refractivity contribution in [3.63, 3.8) is 0 Å². The largest absolute Gasteiger partial charge is 0.350 e. The Bertz CT molecular complexity index is 699. The number of hydrogen-bond acceptors (Lipinski definition) is 3. The number of amides is 2. The quantitative estimate of drug-likeness (QED) is 0.763. The molecule has 0 aliphatic heterocycles. The summed E-state index contributed by atoms with van der Waals surface area (Å²) in [5, 5.41) is 5.61. The van der Waals surface area contributed by atoms with Crippen LogP contribution in [0.4, 0.5) is 5.69 Å². The van der Waals surface area contributed by atoms with Crippen LogP contribution in [-0.4, -0.2) is 17.9 Å². The van der Waals surface area contributed by atoms with Crippen LogP contribution in [0.15, 0.2) is 54.6 Å². The zero-order valence-electron chi connectivity index (χ0n) is 14.0. The number of carbonyl (C=O) groups excluding carboxylic acids is 2. The van der Waals surface area contributed by atoms with E-state index in [1.165, 1.54) is 0 Å². The number of anilines is 1. The lowest BCUT2D eigenvalue weighted by atomic mass is 10.0. The highest BCUT2D eigenvalue weighted by molar-refractivity contribution is 6.03. The van der Waals surface area contributed by atoms with Gasteiger partial charge in [0.25, 0.3) is 5.91 Å². The van der Waals surface area contributed by atoms with E-state index in [4.69, 9.17) is 5.73 Å². The van der Waals surface area contributed by atoms with Crippen molar-refractivity contribution in [2.75, 3.05) is 5.32 Å². The molecular weight excluding hydrogens is 302 g/mol. The zero-order chi connectivity index (χ0) is 17.5. The van der Waals surface area contributed by atoms with Crippen LogP contribution in [0.2, 0.25) is 0 Å². The topological polar surface area (TPSA) is 84.2 Å². The van der Waals surface area contributed by atoms with Gasteiger partial charge in [-0.1, -0.05) is 42.5 Å². The highest BCUT2D eigenvalue weighted by Crippen LogP contribution is 2.18. The van der Waals surface area contributed by atoms with Gasteiger partial charge in [0.2, 0.25) is 5.91 Å². The number of benzene rings is 2. The minimum atomic E-state index is -0.386. The molecule has 2 amide bonds. The summed E-state index contributed by atoms with van der Waals surface area (Å²) >= 11 is 0. The van der Waals surface area contributed by atoms with Crippen LogP contribution in [-0.2, 0) is 4.79 Å². The number of hydrogen-bond donors (Lipinski definition) is 3. The number of rotatable bonds is 6. The Labute approximate surface area is 142 Å². The minimum absolute atomic E-state index is 0.0211. The molecule has 0 aliphatic carbocycles. The SMILES string of the molecule is CC(C)NC(=O)c1ccccc1NC(=O)CC(N)c1ccccc1. The zero-order valence-corrected chi connectivity index (χ0v) is 14.0. The average molecular weight is 325 g/mol. The minimum Gasteiger partial charge on any atom is -0.350 e. The summed E-state index contributed by atoms with van der Waals surface area (Å²) in [6, 6.07) is 16.0. The Hall–Kier alpha value is -2.66. The van der Waals surface area contributed by atoms with Gasteiger partial charge in [-0.2, -0.15) is 0 Å². The summed E-state index contributed by atoms with van der Waals surface area (Å²) in [6.07, 6.45) is 0.143. The smallest absolute Gasteiger partial charge is 0.253 e. The van der Waals surface area contributed by atoms with E-state index in [1.54, 1.807) is 24.3 Å². The standard InChI is InChI=1S/C19H23N3O2/c1-13(2)21-19(24)15-10-6-7-11-17(15)22-18(23)12-16(20)14-8-4-3-5-9-14/h3-11,13,16H,12,20H2,1-2H3,(H,21,24)(H,22,23). The fourth-order valence-electron chi connectivity index (χ4n) is 2.35. The van der Waals surface area contributed by atoms with Gasteiger partial charge in [0.05, 0.1) is 11.3 Å². The number of nitrogens with two attached hydrogens (primary N) is 1. The van der Waals surface area contributed by atoms with E-state index >= 15 is 0 Å². The molecule has 2 aromatic carbocycles. The van der Waals surface area contributed by atoms with Crippen LogP contribution in [0.5, 0.6) is 0 Å².